The van der Waals surface area contributed by atoms with E-state index in [1.54, 1.807) is 37.4 Å². The second kappa shape index (κ2) is 9.13. The molecule has 4 aromatic rings. The van der Waals surface area contributed by atoms with Gasteiger partial charge in [0.15, 0.2) is 5.67 Å². The van der Waals surface area contributed by atoms with Gasteiger partial charge in [-0.1, -0.05) is 12.1 Å². The lowest BCUT2D eigenvalue weighted by molar-refractivity contribution is -0.00467. The third-order valence-corrected chi connectivity index (χ3v) is 6.09. The number of alkyl halides is 1. The molecule has 8 heteroatoms. The van der Waals surface area contributed by atoms with E-state index in [0.29, 0.717) is 46.0 Å². The molecule has 0 aliphatic carbocycles. The molecule has 3 aromatic heterocycles. The van der Waals surface area contributed by atoms with E-state index in [1.807, 2.05) is 30.3 Å². The highest BCUT2D eigenvalue weighted by Gasteiger charge is 2.33. The molecule has 0 spiro atoms. The second-order valence-electron chi connectivity index (χ2n) is 8.93. The fourth-order valence-corrected chi connectivity index (χ4v) is 4.16. The average molecular weight is 473 g/mol. The standard InChI is InChI=1S/C27H25FN4O3/c1-16(33)22-4-3-5-23(31-22)24-9-8-18-12-29-20(11-25(18)32-24)13-30-26(34)17-6-7-19-14-35-15-27(2,28)21(19)10-17/h3-12,16,33H,13-15H2,1-2H3,(H,30,34)/t16-,27+/m0/s1. The van der Waals surface area contributed by atoms with Gasteiger partial charge in [-0.3, -0.25) is 9.78 Å². The number of halogens is 1. The van der Waals surface area contributed by atoms with E-state index in [0.717, 1.165) is 10.9 Å². The minimum absolute atomic E-state index is 0.0279. The van der Waals surface area contributed by atoms with Gasteiger partial charge in [0.1, 0.15) is 0 Å². The highest BCUT2D eigenvalue weighted by molar-refractivity contribution is 5.94. The highest BCUT2D eigenvalue weighted by atomic mass is 19.1. The Morgan fingerprint density at radius 2 is 2.00 bits per heavy atom. The first-order chi connectivity index (χ1) is 16.8. The quantitative estimate of drug-likeness (QED) is 0.447. The van der Waals surface area contributed by atoms with Crippen LogP contribution in [0.5, 0.6) is 0 Å². The van der Waals surface area contributed by atoms with Crippen molar-refractivity contribution in [3.8, 4) is 11.4 Å². The Labute approximate surface area is 202 Å². The first kappa shape index (κ1) is 23.0. The van der Waals surface area contributed by atoms with Crippen molar-refractivity contribution < 1.29 is 19.0 Å². The van der Waals surface area contributed by atoms with Gasteiger partial charge in [-0.25, -0.2) is 14.4 Å². The summed E-state index contributed by atoms with van der Waals surface area (Å²) in [7, 11) is 0. The number of aliphatic hydroxyl groups is 1. The van der Waals surface area contributed by atoms with Crippen molar-refractivity contribution in [2.75, 3.05) is 6.61 Å². The number of aromatic nitrogens is 3. The van der Waals surface area contributed by atoms with Crippen LogP contribution in [0.2, 0.25) is 0 Å². The summed E-state index contributed by atoms with van der Waals surface area (Å²) in [4.78, 5) is 26.4. The Kier molecular flexibility index (Phi) is 6.00. The van der Waals surface area contributed by atoms with Crippen molar-refractivity contribution >= 4 is 16.8 Å². The van der Waals surface area contributed by atoms with Gasteiger partial charge in [-0.15, -0.1) is 0 Å². The fraction of sp³-hybridized carbons (Fsp3) is 0.259. The molecule has 178 valence electrons. The van der Waals surface area contributed by atoms with Crippen LogP contribution in [0.1, 0.15) is 52.8 Å². The van der Waals surface area contributed by atoms with Crippen LogP contribution >= 0.6 is 0 Å². The van der Waals surface area contributed by atoms with Crippen LogP contribution in [0.25, 0.3) is 22.3 Å². The number of carbonyl (C=O) groups excluding carboxylic acids is 1. The molecular weight excluding hydrogens is 447 g/mol. The van der Waals surface area contributed by atoms with Gasteiger partial charge in [0, 0.05) is 17.1 Å². The summed E-state index contributed by atoms with van der Waals surface area (Å²) in [6.07, 6.45) is 1.04. The molecule has 1 aliphatic heterocycles. The summed E-state index contributed by atoms with van der Waals surface area (Å²) in [5.74, 6) is -0.308. The van der Waals surface area contributed by atoms with Crippen molar-refractivity contribution in [1.29, 1.82) is 0 Å². The van der Waals surface area contributed by atoms with E-state index in [9.17, 15) is 14.3 Å². The number of rotatable bonds is 5. The number of pyridine rings is 3. The van der Waals surface area contributed by atoms with E-state index in [2.05, 4.69) is 15.3 Å². The molecular formula is C27H25FN4O3. The summed E-state index contributed by atoms with van der Waals surface area (Å²) in [6, 6.07) is 16.1. The number of nitrogens with one attached hydrogen (secondary N) is 1. The van der Waals surface area contributed by atoms with Gasteiger partial charge in [0.2, 0.25) is 0 Å². The molecule has 0 fully saturated rings. The molecule has 1 amide bonds. The van der Waals surface area contributed by atoms with E-state index in [1.165, 1.54) is 6.92 Å². The Bertz CT molecular complexity index is 1420. The van der Waals surface area contributed by atoms with Crippen LogP contribution in [-0.2, 0) is 23.6 Å². The Morgan fingerprint density at radius 3 is 2.83 bits per heavy atom. The average Bonchev–Trinajstić information content (AvgIpc) is 2.86. The van der Waals surface area contributed by atoms with E-state index >= 15 is 0 Å². The Balaban J connectivity index is 1.34. The maximum absolute atomic E-state index is 14.8. The predicted octanol–water partition coefficient (Wildman–Crippen LogP) is 4.39. The van der Waals surface area contributed by atoms with Gasteiger partial charge in [0.05, 0.1) is 54.2 Å². The van der Waals surface area contributed by atoms with Crippen LogP contribution in [0.3, 0.4) is 0 Å². The summed E-state index contributed by atoms with van der Waals surface area (Å²) in [5, 5.41) is 13.5. The SMILES string of the molecule is C[C@H](O)c1cccc(-c2ccc3cnc(CNC(=O)c4ccc5c(c4)[C@](C)(F)COC5)cc3n2)n1. The van der Waals surface area contributed by atoms with Crippen molar-refractivity contribution in [3.05, 3.63) is 88.9 Å². The van der Waals surface area contributed by atoms with Crippen LogP contribution in [0.4, 0.5) is 4.39 Å². The van der Waals surface area contributed by atoms with Crippen LogP contribution in [0, 0.1) is 0 Å². The third kappa shape index (κ3) is 4.76. The Hall–Kier alpha value is -3.75. The molecule has 4 heterocycles. The zero-order valence-corrected chi connectivity index (χ0v) is 19.5. The number of carbonyl (C=O) groups is 1. The van der Waals surface area contributed by atoms with Gasteiger partial charge < -0.3 is 15.2 Å². The topological polar surface area (TPSA) is 97.2 Å². The first-order valence-corrected chi connectivity index (χ1v) is 11.4. The van der Waals surface area contributed by atoms with Crippen molar-refractivity contribution in [3.63, 3.8) is 0 Å². The number of ether oxygens (including phenoxy) is 1. The van der Waals surface area contributed by atoms with Gasteiger partial charge in [-0.05, 0) is 67.4 Å². The van der Waals surface area contributed by atoms with Gasteiger partial charge in [0.25, 0.3) is 5.91 Å². The molecule has 0 bridgehead atoms. The first-order valence-electron chi connectivity index (χ1n) is 11.4. The monoisotopic (exact) mass is 472 g/mol. The van der Waals surface area contributed by atoms with E-state index < -0.39 is 11.8 Å². The van der Waals surface area contributed by atoms with Crippen molar-refractivity contribution in [1.82, 2.24) is 20.3 Å². The lowest BCUT2D eigenvalue weighted by Gasteiger charge is -2.29. The number of aliphatic hydroxyl groups excluding tert-OH is 1. The molecule has 1 aliphatic rings. The predicted molar refractivity (Wildman–Crippen MR) is 129 cm³/mol. The lowest BCUT2D eigenvalue weighted by atomic mass is 9.90. The zero-order chi connectivity index (χ0) is 24.6. The number of hydrogen-bond acceptors (Lipinski definition) is 6. The largest absolute Gasteiger partial charge is 0.387 e. The van der Waals surface area contributed by atoms with Crippen molar-refractivity contribution in [2.45, 2.75) is 38.8 Å². The molecule has 1 aromatic carbocycles. The number of fused-ring (bicyclic) bond motifs is 2. The third-order valence-electron chi connectivity index (χ3n) is 6.09. The van der Waals surface area contributed by atoms with Gasteiger partial charge in [-0.2, -0.15) is 0 Å². The molecule has 2 N–H and O–H groups in total. The Morgan fingerprint density at radius 1 is 1.17 bits per heavy atom. The molecule has 5 rings (SSSR count). The summed E-state index contributed by atoms with van der Waals surface area (Å²) in [5.41, 5.74) is 3.27. The maximum atomic E-state index is 14.8. The van der Waals surface area contributed by atoms with E-state index in [-0.39, 0.29) is 19.1 Å². The van der Waals surface area contributed by atoms with E-state index in [4.69, 9.17) is 9.72 Å². The van der Waals surface area contributed by atoms with Crippen LogP contribution in [-0.4, -0.2) is 32.6 Å². The minimum atomic E-state index is -1.63. The number of nitrogens with zero attached hydrogens (tertiary/aromatic N) is 3. The van der Waals surface area contributed by atoms with Crippen molar-refractivity contribution in [2.24, 2.45) is 0 Å². The molecule has 7 nitrogen and oxygen atoms in total. The highest BCUT2D eigenvalue weighted by Crippen LogP contribution is 2.34. The fourth-order valence-electron chi connectivity index (χ4n) is 4.16. The second-order valence-corrected chi connectivity index (χ2v) is 8.93. The lowest BCUT2D eigenvalue weighted by Crippen LogP contribution is -2.30. The summed E-state index contributed by atoms with van der Waals surface area (Å²) >= 11 is 0. The smallest absolute Gasteiger partial charge is 0.251 e. The number of hydrogen-bond donors (Lipinski definition) is 2. The number of amides is 1. The zero-order valence-electron chi connectivity index (χ0n) is 19.5. The normalized spacial score (nSPS) is 18.2. The molecule has 0 radical (unpaired) electrons. The molecule has 0 saturated heterocycles. The molecule has 0 saturated carbocycles. The van der Waals surface area contributed by atoms with Crippen LogP contribution in [0.15, 0.2) is 60.8 Å². The van der Waals surface area contributed by atoms with Gasteiger partial charge >= 0.3 is 0 Å². The molecule has 35 heavy (non-hydrogen) atoms. The molecule has 0 unspecified atom stereocenters. The number of benzene rings is 1. The summed E-state index contributed by atoms with van der Waals surface area (Å²) < 4.78 is 20.1. The van der Waals surface area contributed by atoms with Crippen LogP contribution < -0.4 is 5.32 Å². The molecule has 2 atom stereocenters. The minimum Gasteiger partial charge on any atom is -0.387 e. The maximum Gasteiger partial charge on any atom is 0.251 e. The summed E-state index contributed by atoms with van der Waals surface area (Å²) in [6.45, 7) is 3.64.